The van der Waals surface area contributed by atoms with E-state index in [0.29, 0.717) is 41.0 Å². The van der Waals surface area contributed by atoms with E-state index in [1.54, 1.807) is 29.7 Å². The minimum absolute atomic E-state index is 0.161. The number of carbonyl (C=O) groups excluding carboxylic acids is 1. The Labute approximate surface area is 281 Å². The van der Waals surface area contributed by atoms with Gasteiger partial charge in [-0.2, -0.15) is 0 Å². The number of fused-ring (bicyclic) bond motifs is 2. The minimum Gasteiger partial charge on any atom is -0.488 e. The Balaban J connectivity index is 1.04. The molecule has 0 N–H and O–H groups in total. The van der Waals surface area contributed by atoms with Crippen molar-refractivity contribution in [3.05, 3.63) is 92.9 Å². The van der Waals surface area contributed by atoms with Crippen molar-refractivity contribution in [1.29, 1.82) is 0 Å². The van der Waals surface area contributed by atoms with Gasteiger partial charge in [0.25, 0.3) is 5.79 Å². The molecular weight excluding hydrogens is 638 g/mol. The zero-order chi connectivity index (χ0) is 32.1. The van der Waals surface area contributed by atoms with Gasteiger partial charge in [-0.05, 0) is 75.0 Å². The molecule has 8 rings (SSSR count). The second kappa shape index (κ2) is 12.1. The van der Waals surface area contributed by atoms with Gasteiger partial charge in [-0.15, -0.1) is 11.3 Å². The van der Waals surface area contributed by atoms with E-state index in [1.807, 2.05) is 42.9 Å². The summed E-state index contributed by atoms with van der Waals surface area (Å²) in [4.78, 5) is 30.1. The molecule has 0 unspecified atom stereocenters. The van der Waals surface area contributed by atoms with Crippen molar-refractivity contribution in [3.8, 4) is 17.2 Å². The number of piperidine rings is 1. The standard InChI is InChI=1S/C35H34ClN5O5S/c1-35(30-9-6-23(36)16-38-30)45-28-5-3-4-26(33(28)46-35)21-10-12-40(13-11-21)19-31-39-32-27(41(31)18-25-17-37-20-47-25)14-22(34(42)43-2)15-29(32)44-24-7-8-24/h3-6,9,14-17,20-21,24H,7-8,10-13,18-19H2,1-2H3/t35-/m0/s1. The molecule has 10 nitrogen and oxygen atoms in total. The number of nitrogens with zero attached hydrogens (tertiary/aromatic N) is 5. The monoisotopic (exact) mass is 671 g/mol. The summed E-state index contributed by atoms with van der Waals surface area (Å²) in [6.07, 6.45) is 7.60. The third-order valence-electron chi connectivity index (χ3n) is 9.13. The number of rotatable bonds is 9. The molecule has 1 atom stereocenters. The summed E-state index contributed by atoms with van der Waals surface area (Å²) >= 11 is 7.68. The van der Waals surface area contributed by atoms with Crippen LogP contribution in [0.2, 0.25) is 5.02 Å². The minimum atomic E-state index is -1.02. The summed E-state index contributed by atoms with van der Waals surface area (Å²) in [6.45, 7) is 4.96. The number of thiazole rings is 1. The van der Waals surface area contributed by atoms with Gasteiger partial charge in [-0.3, -0.25) is 14.9 Å². The molecule has 5 heterocycles. The van der Waals surface area contributed by atoms with Crippen molar-refractivity contribution in [2.75, 3.05) is 20.2 Å². The largest absolute Gasteiger partial charge is 0.488 e. The third-order valence-corrected chi connectivity index (χ3v) is 10.1. The number of hydrogen-bond donors (Lipinski definition) is 0. The molecule has 1 saturated heterocycles. The Morgan fingerprint density at radius 1 is 1.09 bits per heavy atom. The van der Waals surface area contributed by atoms with Crippen LogP contribution in [0.25, 0.3) is 11.0 Å². The number of para-hydroxylation sites is 1. The summed E-state index contributed by atoms with van der Waals surface area (Å²) in [7, 11) is 1.40. The van der Waals surface area contributed by atoms with E-state index >= 15 is 0 Å². The molecule has 0 spiro atoms. The molecule has 12 heteroatoms. The van der Waals surface area contributed by atoms with E-state index in [9.17, 15) is 4.79 Å². The quantitative estimate of drug-likeness (QED) is 0.154. The number of imidazole rings is 1. The second-order valence-corrected chi connectivity index (χ2v) is 13.9. The molecule has 1 aliphatic carbocycles. The van der Waals surface area contributed by atoms with E-state index in [1.165, 1.54) is 7.11 Å². The molecule has 0 bridgehead atoms. The van der Waals surface area contributed by atoms with Gasteiger partial charge >= 0.3 is 5.97 Å². The number of carbonyl (C=O) groups is 1. The molecule has 1 saturated carbocycles. The van der Waals surface area contributed by atoms with Crippen LogP contribution in [0.5, 0.6) is 17.2 Å². The molecule has 242 valence electrons. The fourth-order valence-electron chi connectivity index (χ4n) is 6.52. The molecule has 2 fully saturated rings. The number of benzene rings is 2. The summed E-state index contributed by atoms with van der Waals surface area (Å²) in [5, 5.41) is 0.567. The highest BCUT2D eigenvalue weighted by molar-refractivity contribution is 7.09. The number of pyridine rings is 1. The molecular formula is C35H34ClN5O5S. The topological polar surface area (TPSA) is 101 Å². The summed E-state index contributed by atoms with van der Waals surface area (Å²) in [5.74, 6) is 2.00. The first-order valence-corrected chi connectivity index (χ1v) is 17.1. The van der Waals surface area contributed by atoms with E-state index in [2.05, 4.69) is 25.5 Å². The van der Waals surface area contributed by atoms with Crippen molar-refractivity contribution in [2.24, 2.45) is 0 Å². The van der Waals surface area contributed by atoms with E-state index in [4.69, 9.17) is 35.5 Å². The van der Waals surface area contributed by atoms with E-state index in [-0.39, 0.29) is 6.10 Å². The summed E-state index contributed by atoms with van der Waals surface area (Å²) in [5.41, 5.74) is 5.76. The van der Waals surface area contributed by atoms with Gasteiger partial charge in [0, 0.05) is 29.8 Å². The fraction of sp³-hybridized carbons (Fsp3) is 0.371. The van der Waals surface area contributed by atoms with Gasteiger partial charge in [0.05, 0.1) is 47.9 Å². The first kappa shape index (κ1) is 30.2. The first-order valence-electron chi connectivity index (χ1n) is 15.9. The molecule has 2 aliphatic heterocycles. The zero-order valence-electron chi connectivity index (χ0n) is 26.1. The van der Waals surface area contributed by atoms with Gasteiger partial charge in [0.2, 0.25) is 0 Å². The lowest BCUT2D eigenvalue weighted by atomic mass is 9.88. The zero-order valence-corrected chi connectivity index (χ0v) is 27.7. The smallest absolute Gasteiger partial charge is 0.338 e. The van der Waals surface area contributed by atoms with Crippen LogP contribution in [0.4, 0.5) is 0 Å². The highest BCUT2D eigenvalue weighted by Gasteiger charge is 2.42. The predicted molar refractivity (Wildman–Crippen MR) is 177 cm³/mol. The number of methoxy groups -OCH3 is 1. The average Bonchev–Trinajstić information content (AvgIpc) is 3.44. The van der Waals surface area contributed by atoms with Crippen molar-refractivity contribution < 1.29 is 23.7 Å². The number of likely N-dealkylation sites (tertiary alicyclic amines) is 1. The normalized spacial score (nSPS) is 19.7. The Morgan fingerprint density at radius 3 is 2.66 bits per heavy atom. The Kier molecular flexibility index (Phi) is 7.78. The van der Waals surface area contributed by atoms with Crippen LogP contribution in [0, 0.1) is 0 Å². The molecule has 0 radical (unpaired) electrons. The first-order chi connectivity index (χ1) is 22.9. The lowest BCUT2D eigenvalue weighted by molar-refractivity contribution is -0.0722. The van der Waals surface area contributed by atoms with Gasteiger partial charge < -0.3 is 23.5 Å². The average molecular weight is 672 g/mol. The lowest BCUT2D eigenvalue weighted by Gasteiger charge is -2.32. The van der Waals surface area contributed by atoms with Gasteiger partial charge in [-0.25, -0.2) is 9.78 Å². The summed E-state index contributed by atoms with van der Waals surface area (Å²) < 4.78 is 26.4. The van der Waals surface area contributed by atoms with Crippen LogP contribution in [0.3, 0.4) is 0 Å². The summed E-state index contributed by atoms with van der Waals surface area (Å²) in [6, 6.07) is 13.4. The van der Waals surface area contributed by atoms with Gasteiger partial charge in [0.1, 0.15) is 22.8 Å². The lowest BCUT2D eigenvalue weighted by Crippen LogP contribution is -2.34. The van der Waals surface area contributed by atoms with Crippen LogP contribution in [-0.4, -0.2) is 56.7 Å². The number of esters is 1. The van der Waals surface area contributed by atoms with Crippen molar-refractivity contribution in [2.45, 2.75) is 63.5 Å². The number of ether oxygens (including phenoxy) is 4. The molecule has 47 heavy (non-hydrogen) atoms. The van der Waals surface area contributed by atoms with Crippen LogP contribution in [0.15, 0.2) is 60.4 Å². The van der Waals surface area contributed by atoms with Crippen LogP contribution < -0.4 is 14.2 Å². The SMILES string of the molecule is COC(=O)c1cc(OC2CC2)c2nc(CN3CCC(c4cccc5c4O[C@@](C)(c4ccc(Cl)cn4)O5)CC3)n(Cc3cncs3)c2c1. The fourth-order valence-corrected chi connectivity index (χ4v) is 7.22. The second-order valence-electron chi connectivity index (χ2n) is 12.5. The number of hydrogen-bond acceptors (Lipinski definition) is 10. The number of aromatic nitrogens is 4. The Bertz CT molecular complexity index is 1940. The van der Waals surface area contributed by atoms with Crippen molar-refractivity contribution >= 4 is 39.9 Å². The molecule has 5 aromatic rings. The van der Waals surface area contributed by atoms with E-state index < -0.39 is 11.8 Å². The third kappa shape index (κ3) is 5.92. The Hall–Kier alpha value is -4.19. The molecule has 3 aromatic heterocycles. The van der Waals surface area contributed by atoms with Crippen molar-refractivity contribution in [3.63, 3.8) is 0 Å². The maximum absolute atomic E-state index is 12.7. The van der Waals surface area contributed by atoms with Gasteiger partial charge in [0.15, 0.2) is 11.5 Å². The molecule has 0 amide bonds. The van der Waals surface area contributed by atoms with Gasteiger partial charge in [-0.1, -0.05) is 23.7 Å². The van der Waals surface area contributed by atoms with Crippen molar-refractivity contribution in [1.82, 2.24) is 24.4 Å². The predicted octanol–water partition coefficient (Wildman–Crippen LogP) is 6.94. The van der Waals surface area contributed by atoms with Crippen LogP contribution in [-0.2, 0) is 23.6 Å². The maximum atomic E-state index is 12.7. The maximum Gasteiger partial charge on any atom is 0.338 e. The highest BCUT2D eigenvalue weighted by atomic mass is 35.5. The van der Waals surface area contributed by atoms with E-state index in [0.717, 1.165) is 77.6 Å². The highest BCUT2D eigenvalue weighted by Crippen LogP contribution is 2.49. The Morgan fingerprint density at radius 2 is 1.94 bits per heavy atom. The molecule has 3 aliphatic rings. The molecule has 2 aromatic carbocycles. The van der Waals surface area contributed by atoms with Crippen LogP contribution in [0.1, 0.15) is 70.8 Å². The number of halogens is 1. The van der Waals surface area contributed by atoms with Crippen LogP contribution >= 0.6 is 22.9 Å².